The molecule has 0 N–H and O–H groups in total. The Bertz CT molecular complexity index is 968. The molecule has 0 saturated carbocycles. The number of hydrogen-bond acceptors (Lipinski definition) is 5. The zero-order chi connectivity index (χ0) is 23.2. The van der Waals surface area contributed by atoms with E-state index in [4.69, 9.17) is 9.47 Å². The second-order valence-electron chi connectivity index (χ2n) is 8.99. The molecule has 1 saturated heterocycles. The highest BCUT2D eigenvalue weighted by atomic mass is 16.5. The molecule has 6 nitrogen and oxygen atoms in total. The topological polar surface area (TPSA) is 54.9 Å². The lowest BCUT2D eigenvalue weighted by atomic mass is 10.0. The number of pyridine rings is 1. The van der Waals surface area contributed by atoms with Crippen molar-refractivity contribution in [3.8, 4) is 11.5 Å². The normalized spacial score (nSPS) is 18.8. The van der Waals surface area contributed by atoms with E-state index in [9.17, 15) is 4.79 Å². The van der Waals surface area contributed by atoms with Crippen LogP contribution in [-0.4, -0.2) is 66.1 Å². The van der Waals surface area contributed by atoms with Crippen LogP contribution in [0.4, 0.5) is 0 Å². The Labute approximate surface area is 197 Å². The van der Waals surface area contributed by atoms with Crippen molar-refractivity contribution in [2.75, 3.05) is 33.3 Å². The Hall–Kier alpha value is -2.86. The van der Waals surface area contributed by atoms with Crippen molar-refractivity contribution in [1.29, 1.82) is 0 Å². The molecule has 1 unspecified atom stereocenters. The molecule has 1 aromatic carbocycles. The Morgan fingerprint density at radius 2 is 2.12 bits per heavy atom. The van der Waals surface area contributed by atoms with Crippen LogP contribution in [0.1, 0.15) is 43.5 Å². The van der Waals surface area contributed by atoms with E-state index in [0.29, 0.717) is 6.61 Å². The first-order valence-corrected chi connectivity index (χ1v) is 12.1. The van der Waals surface area contributed by atoms with Crippen LogP contribution in [0.3, 0.4) is 0 Å². The summed E-state index contributed by atoms with van der Waals surface area (Å²) in [6.45, 7) is 7.66. The fraction of sp³-hybridized carbons (Fsp3) is 0.481. The molecule has 0 spiro atoms. The van der Waals surface area contributed by atoms with Gasteiger partial charge in [-0.05, 0) is 57.0 Å². The van der Waals surface area contributed by atoms with Crippen LogP contribution in [0.2, 0.25) is 0 Å². The average Bonchev–Trinajstić information content (AvgIpc) is 3.20. The Morgan fingerprint density at radius 1 is 1.30 bits per heavy atom. The van der Waals surface area contributed by atoms with Crippen molar-refractivity contribution in [2.45, 2.75) is 51.7 Å². The van der Waals surface area contributed by atoms with Crippen molar-refractivity contribution < 1.29 is 14.3 Å². The lowest BCUT2D eigenvalue weighted by molar-refractivity contribution is -0.127. The van der Waals surface area contributed by atoms with E-state index < -0.39 is 0 Å². The largest absolute Gasteiger partial charge is 0.493 e. The standard InChI is InChI=1S/C27H35N3O3/c1-4-32-25-19-22-17-20(2)33-26(22)18-21(25)8-9-27(31)29(3)24-11-15-30(16-12-24)14-10-23-7-5-6-13-28-23/h5-9,13,18-20,24H,4,10-12,14-17H2,1-3H3. The number of ether oxygens (including phenoxy) is 2. The van der Waals surface area contributed by atoms with Crippen molar-refractivity contribution in [2.24, 2.45) is 0 Å². The van der Waals surface area contributed by atoms with Gasteiger partial charge in [-0.25, -0.2) is 0 Å². The smallest absolute Gasteiger partial charge is 0.246 e. The third kappa shape index (κ3) is 5.93. The molecular formula is C27H35N3O3. The number of likely N-dealkylation sites (N-methyl/N-ethyl adjacent to an activating group) is 1. The molecule has 6 heteroatoms. The molecule has 1 atom stereocenters. The number of carbonyl (C=O) groups excluding carboxylic acids is 1. The van der Waals surface area contributed by atoms with Gasteiger partial charge in [0.1, 0.15) is 17.6 Å². The minimum Gasteiger partial charge on any atom is -0.493 e. The van der Waals surface area contributed by atoms with E-state index in [1.54, 1.807) is 6.08 Å². The van der Waals surface area contributed by atoms with Crippen LogP contribution in [0.25, 0.3) is 6.08 Å². The SMILES string of the molecule is CCOc1cc2c(cc1C=CC(=O)N(C)C1CCN(CCc3ccccn3)CC1)OC(C)C2. The highest BCUT2D eigenvalue weighted by Gasteiger charge is 2.25. The third-order valence-electron chi connectivity index (χ3n) is 6.60. The van der Waals surface area contributed by atoms with Crippen LogP contribution in [-0.2, 0) is 17.6 Å². The van der Waals surface area contributed by atoms with Gasteiger partial charge in [0, 0.05) is 74.7 Å². The second kappa shape index (κ2) is 10.8. The quantitative estimate of drug-likeness (QED) is 0.571. The summed E-state index contributed by atoms with van der Waals surface area (Å²) >= 11 is 0. The predicted octanol–water partition coefficient (Wildman–Crippen LogP) is 3.98. The zero-order valence-corrected chi connectivity index (χ0v) is 20.0. The molecule has 2 aromatic rings. The summed E-state index contributed by atoms with van der Waals surface area (Å²) in [5, 5.41) is 0. The molecule has 1 aromatic heterocycles. The zero-order valence-electron chi connectivity index (χ0n) is 20.0. The Balaban J connectivity index is 1.31. The Kier molecular flexibility index (Phi) is 7.65. The minimum atomic E-state index is 0.0270. The minimum absolute atomic E-state index is 0.0270. The van der Waals surface area contributed by atoms with E-state index in [0.717, 1.165) is 68.1 Å². The summed E-state index contributed by atoms with van der Waals surface area (Å²) in [6.07, 6.45) is 9.39. The van der Waals surface area contributed by atoms with Crippen molar-refractivity contribution in [3.63, 3.8) is 0 Å². The molecule has 2 aliphatic heterocycles. The average molecular weight is 450 g/mol. The van der Waals surface area contributed by atoms with E-state index >= 15 is 0 Å². The first-order valence-electron chi connectivity index (χ1n) is 12.1. The fourth-order valence-corrected chi connectivity index (χ4v) is 4.67. The molecular weight excluding hydrogens is 414 g/mol. The lowest BCUT2D eigenvalue weighted by Crippen LogP contribution is -2.45. The third-order valence-corrected chi connectivity index (χ3v) is 6.60. The van der Waals surface area contributed by atoms with Gasteiger partial charge < -0.3 is 19.3 Å². The van der Waals surface area contributed by atoms with E-state index in [1.807, 2.05) is 49.3 Å². The van der Waals surface area contributed by atoms with Gasteiger partial charge in [0.15, 0.2) is 0 Å². The van der Waals surface area contributed by atoms with Crippen LogP contribution in [0.15, 0.2) is 42.6 Å². The number of hydrogen-bond donors (Lipinski definition) is 0. The summed E-state index contributed by atoms with van der Waals surface area (Å²) in [5.41, 5.74) is 3.19. The molecule has 176 valence electrons. The first-order chi connectivity index (χ1) is 16.0. The maximum Gasteiger partial charge on any atom is 0.246 e. The number of piperidine rings is 1. The molecule has 33 heavy (non-hydrogen) atoms. The van der Waals surface area contributed by atoms with Gasteiger partial charge in [-0.1, -0.05) is 6.07 Å². The van der Waals surface area contributed by atoms with Gasteiger partial charge in [-0.15, -0.1) is 0 Å². The molecule has 2 aliphatic rings. The second-order valence-corrected chi connectivity index (χ2v) is 8.99. The summed E-state index contributed by atoms with van der Waals surface area (Å²) in [5.74, 6) is 1.73. The van der Waals surface area contributed by atoms with E-state index in [2.05, 4.69) is 28.9 Å². The van der Waals surface area contributed by atoms with E-state index in [1.165, 1.54) is 5.56 Å². The number of nitrogens with zero attached hydrogens (tertiary/aromatic N) is 3. The van der Waals surface area contributed by atoms with Gasteiger partial charge in [0.25, 0.3) is 0 Å². The number of rotatable bonds is 8. The molecule has 0 aliphatic carbocycles. The molecule has 1 amide bonds. The lowest BCUT2D eigenvalue weighted by Gasteiger charge is -2.36. The maximum atomic E-state index is 12.9. The van der Waals surface area contributed by atoms with Gasteiger partial charge in [0.2, 0.25) is 5.91 Å². The van der Waals surface area contributed by atoms with Crippen LogP contribution in [0, 0.1) is 0 Å². The van der Waals surface area contributed by atoms with Crippen LogP contribution < -0.4 is 9.47 Å². The number of benzene rings is 1. The van der Waals surface area contributed by atoms with Gasteiger partial charge in [-0.3, -0.25) is 9.78 Å². The van der Waals surface area contributed by atoms with Crippen molar-refractivity contribution >= 4 is 12.0 Å². The monoisotopic (exact) mass is 449 g/mol. The van der Waals surface area contributed by atoms with E-state index in [-0.39, 0.29) is 18.1 Å². The highest BCUT2D eigenvalue weighted by molar-refractivity contribution is 5.92. The van der Waals surface area contributed by atoms with Gasteiger partial charge in [-0.2, -0.15) is 0 Å². The summed E-state index contributed by atoms with van der Waals surface area (Å²) in [6, 6.07) is 10.4. The van der Waals surface area contributed by atoms with Gasteiger partial charge in [0.05, 0.1) is 6.61 Å². The maximum absolute atomic E-state index is 12.9. The number of aromatic nitrogens is 1. The highest BCUT2D eigenvalue weighted by Crippen LogP contribution is 2.35. The summed E-state index contributed by atoms with van der Waals surface area (Å²) < 4.78 is 11.7. The number of amides is 1. The molecule has 3 heterocycles. The van der Waals surface area contributed by atoms with Crippen LogP contribution >= 0.6 is 0 Å². The van der Waals surface area contributed by atoms with Crippen molar-refractivity contribution in [3.05, 3.63) is 59.4 Å². The number of fused-ring (bicyclic) bond motifs is 1. The predicted molar refractivity (Wildman–Crippen MR) is 131 cm³/mol. The molecule has 1 fully saturated rings. The Morgan fingerprint density at radius 3 is 2.85 bits per heavy atom. The van der Waals surface area contributed by atoms with Crippen molar-refractivity contribution in [1.82, 2.24) is 14.8 Å². The fourth-order valence-electron chi connectivity index (χ4n) is 4.67. The molecule has 0 radical (unpaired) electrons. The summed E-state index contributed by atoms with van der Waals surface area (Å²) in [7, 11) is 1.91. The molecule has 0 bridgehead atoms. The first kappa shape index (κ1) is 23.3. The van der Waals surface area contributed by atoms with Crippen LogP contribution in [0.5, 0.6) is 11.5 Å². The molecule has 4 rings (SSSR count). The number of likely N-dealkylation sites (tertiary alicyclic amines) is 1. The number of carbonyl (C=O) groups is 1. The van der Waals surface area contributed by atoms with Gasteiger partial charge >= 0.3 is 0 Å². The summed E-state index contributed by atoms with van der Waals surface area (Å²) in [4.78, 5) is 21.7.